The predicted octanol–water partition coefficient (Wildman–Crippen LogP) is 3.69. The highest BCUT2D eigenvalue weighted by Crippen LogP contribution is 2.29. The van der Waals surface area contributed by atoms with Crippen LogP contribution in [-0.4, -0.2) is 39.7 Å². The van der Waals surface area contributed by atoms with E-state index in [-0.39, 0.29) is 5.91 Å². The standard InChI is InChI=1S/C20H20ClN5OS/c21-14-6-7-16-15(11-14)20(26-9-3-4-10-26)25-17(24-16)12-23-18(27)13-28-19-5-1-2-8-22-19/h1-2,5-8,11H,3-4,9-10,12-13H2,(H,23,27). The predicted molar refractivity (Wildman–Crippen MR) is 113 cm³/mol. The molecule has 1 N–H and O–H groups in total. The van der Waals surface area contributed by atoms with Crippen LogP contribution in [0.1, 0.15) is 18.7 Å². The minimum atomic E-state index is -0.0711. The normalized spacial score (nSPS) is 13.8. The molecule has 3 aromatic rings. The summed E-state index contributed by atoms with van der Waals surface area (Å²) < 4.78 is 0. The van der Waals surface area contributed by atoms with Crippen molar-refractivity contribution in [2.45, 2.75) is 24.4 Å². The van der Waals surface area contributed by atoms with Crippen molar-refractivity contribution in [3.8, 4) is 0 Å². The second-order valence-corrected chi connectivity index (χ2v) is 7.98. The van der Waals surface area contributed by atoms with E-state index in [4.69, 9.17) is 16.6 Å². The second-order valence-electron chi connectivity index (χ2n) is 6.55. The number of hydrogen-bond acceptors (Lipinski definition) is 6. The van der Waals surface area contributed by atoms with E-state index in [1.54, 1.807) is 6.20 Å². The lowest BCUT2D eigenvalue weighted by atomic mass is 10.2. The molecule has 8 heteroatoms. The number of benzene rings is 1. The van der Waals surface area contributed by atoms with Gasteiger partial charge in [-0.3, -0.25) is 4.79 Å². The topological polar surface area (TPSA) is 71.0 Å². The van der Waals surface area contributed by atoms with Crippen LogP contribution in [0, 0.1) is 0 Å². The Hall–Kier alpha value is -2.38. The molecule has 3 heterocycles. The lowest BCUT2D eigenvalue weighted by molar-refractivity contribution is -0.118. The van der Waals surface area contributed by atoms with Gasteiger partial charge >= 0.3 is 0 Å². The van der Waals surface area contributed by atoms with Crippen molar-refractivity contribution < 1.29 is 4.79 Å². The number of thioether (sulfide) groups is 1. The molecule has 0 aliphatic carbocycles. The molecule has 1 aromatic carbocycles. The van der Waals surface area contributed by atoms with E-state index in [2.05, 4.69) is 20.2 Å². The molecule has 0 saturated carbocycles. The van der Waals surface area contributed by atoms with Crippen LogP contribution in [0.4, 0.5) is 5.82 Å². The Morgan fingerprint density at radius 1 is 1.18 bits per heavy atom. The summed E-state index contributed by atoms with van der Waals surface area (Å²) in [6.07, 6.45) is 4.03. The van der Waals surface area contributed by atoms with Gasteiger partial charge < -0.3 is 10.2 Å². The Kier molecular flexibility index (Phi) is 5.92. The van der Waals surface area contributed by atoms with Gasteiger partial charge in [0.2, 0.25) is 5.91 Å². The van der Waals surface area contributed by atoms with Gasteiger partial charge in [0.1, 0.15) is 5.82 Å². The third-order valence-electron chi connectivity index (χ3n) is 4.52. The smallest absolute Gasteiger partial charge is 0.230 e. The Balaban J connectivity index is 1.47. The van der Waals surface area contributed by atoms with Crippen LogP contribution >= 0.6 is 23.4 Å². The zero-order chi connectivity index (χ0) is 19.3. The first-order valence-corrected chi connectivity index (χ1v) is 10.6. The maximum atomic E-state index is 12.2. The third kappa shape index (κ3) is 4.54. The van der Waals surface area contributed by atoms with Crippen molar-refractivity contribution in [1.82, 2.24) is 20.3 Å². The molecule has 28 heavy (non-hydrogen) atoms. The molecule has 6 nitrogen and oxygen atoms in total. The van der Waals surface area contributed by atoms with E-state index >= 15 is 0 Å². The van der Waals surface area contributed by atoms with Gasteiger partial charge in [0.05, 0.1) is 22.8 Å². The lowest BCUT2D eigenvalue weighted by Crippen LogP contribution is -2.26. The van der Waals surface area contributed by atoms with Crippen LogP contribution < -0.4 is 10.2 Å². The summed E-state index contributed by atoms with van der Waals surface area (Å²) in [5, 5.41) is 5.36. The Morgan fingerprint density at radius 2 is 2.04 bits per heavy atom. The zero-order valence-corrected chi connectivity index (χ0v) is 16.8. The SMILES string of the molecule is O=C(CSc1ccccn1)NCc1nc(N2CCCC2)c2cc(Cl)ccc2n1. The first-order valence-electron chi connectivity index (χ1n) is 9.21. The maximum absolute atomic E-state index is 12.2. The minimum Gasteiger partial charge on any atom is -0.356 e. The lowest BCUT2D eigenvalue weighted by Gasteiger charge is -2.19. The molecule has 1 amide bonds. The van der Waals surface area contributed by atoms with Gasteiger partial charge in [-0.05, 0) is 43.2 Å². The average molecular weight is 414 g/mol. The summed E-state index contributed by atoms with van der Waals surface area (Å²) in [7, 11) is 0. The summed E-state index contributed by atoms with van der Waals surface area (Å²) in [5.41, 5.74) is 0.841. The fourth-order valence-corrected chi connectivity index (χ4v) is 4.04. The number of rotatable bonds is 6. The molecular formula is C20H20ClN5OS. The van der Waals surface area contributed by atoms with Crippen molar-refractivity contribution in [2.24, 2.45) is 0 Å². The number of carbonyl (C=O) groups excluding carboxylic acids is 1. The number of carbonyl (C=O) groups is 1. The van der Waals surface area contributed by atoms with Crippen molar-refractivity contribution in [3.63, 3.8) is 0 Å². The summed E-state index contributed by atoms with van der Waals surface area (Å²) in [6.45, 7) is 2.25. The van der Waals surface area contributed by atoms with Crippen LogP contribution in [0.5, 0.6) is 0 Å². The molecule has 0 unspecified atom stereocenters. The van der Waals surface area contributed by atoms with Crippen molar-refractivity contribution in [3.05, 3.63) is 53.4 Å². The van der Waals surface area contributed by atoms with E-state index in [1.807, 2.05) is 36.4 Å². The molecule has 0 spiro atoms. The van der Waals surface area contributed by atoms with E-state index in [1.165, 1.54) is 11.8 Å². The van der Waals surface area contributed by atoms with Crippen molar-refractivity contribution in [1.29, 1.82) is 0 Å². The first kappa shape index (κ1) is 19.0. The average Bonchev–Trinajstić information content (AvgIpc) is 3.26. The van der Waals surface area contributed by atoms with Crippen LogP contribution in [0.3, 0.4) is 0 Å². The number of aromatic nitrogens is 3. The molecule has 0 bridgehead atoms. The number of nitrogens with zero attached hydrogens (tertiary/aromatic N) is 4. The van der Waals surface area contributed by atoms with Crippen LogP contribution in [0.2, 0.25) is 5.02 Å². The van der Waals surface area contributed by atoms with Crippen molar-refractivity contribution >= 4 is 46.0 Å². The molecule has 1 aliphatic rings. The fourth-order valence-electron chi connectivity index (χ4n) is 3.18. The highest BCUT2D eigenvalue weighted by Gasteiger charge is 2.18. The summed E-state index contributed by atoms with van der Waals surface area (Å²) in [4.78, 5) is 28.0. The number of nitrogens with one attached hydrogen (secondary N) is 1. The monoisotopic (exact) mass is 413 g/mol. The van der Waals surface area contributed by atoms with Gasteiger partial charge in [0.15, 0.2) is 5.82 Å². The number of halogens is 1. The zero-order valence-electron chi connectivity index (χ0n) is 15.3. The van der Waals surface area contributed by atoms with Crippen molar-refractivity contribution in [2.75, 3.05) is 23.7 Å². The largest absolute Gasteiger partial charge is 0.356 e. The molecule has 0 atom stereocenters. The number of anilines is 1. The van der Waals surface area contributed by atoms with Crippen LogP contribution in [0.15, 0.2) is 47.6 Å². The van der Waals surface area contributed by atoms with Gasteiger partial charge in [-0.25, -0.2) is 15.0 Å². The highest BCUT2D eigenvalue weighted by molar-refractivity contribution is 7.99. The Labute approximate surface area is 172 Å². The van der Waals surface area contributed by atoms with E-state index in [0.29, 0.717) is 23.1 Å². The van der Waals surface area contributed by atoms with Gasteiger partial charge in [-0.1, -0.05) is 29.4 Å². The van der Waals surface area contributed by atoms with Gasteiger partial charge in [-0.2, -0.15) is 0 Å². The van der Waals surface area contributed by atoms with E-state index in [0.717, 1.165) is 47.7 Å². The maximum Gasteiger partial charge on any atom is 0.230 e. The summed E-state index contributed by atoms with van der Waals surface area (Å²) >= 11 is 7.59. The first-order chi connectivity index (χ1) is 13.7. The van der Waals surface area contributed by atoms with E-state index < -0.39 is 0 Å². The van der Waals surface area contributed by atoms with Gasteiger partial charge in [0.25, 0.3) is 0 Å². The van der Waals surface area contributed by atoms with Gasteiger partial charge in [0, 0.05) is 29.7 Å². The Morgan fingerprint density at radius 3 is 2.82 bits per heavy atom. The molecule has 4 rings (SSSR count). The Bertz CT molecular complexity index is 979. The molecule has 1 fully saturated rings. The fraction of sp³-hybridized carbons (Fsp3) is 0.300. The highest BCUT2D eigenvalue weighted by atomic mass is 35.5. The minimum absolute atomic E-state index is 0.0711. The quantitative estimate of drug-likeness (QED) is 0.621. The summed E-state index contributed by atoms with van der Waals surface area (Å²) in [6, 6.07) is 11.3. The molecule has 1 aliphatic heterocycles. The van der Waals surface area contributed by atoms with Crippen LogP contribution in [0.25, 0.3) is 10.9 Å². The summed E-state index contributed by atoms with van der Waals surface area (Å²) in [5.74, 6) is 1.74. The second kappa shape index (κ2) is 8.75. The third-order valence-corrected chi connectivity index (χ3v) is 5.70. The number of hydrogen-bond donors (Lipinski definition) is 1. The number of pyridine rings is 1. The van der Waals surface area contributed by atoms with Gasteiger partial charge in [-0.15, -0.1) is 0 Å². The molecule has 1 saturated heterocycles. The molecule has 144 valence electrons. The molecule has 0 radical (unpaired) electrons. The number of amides is 1. The molecular weight excluding hydrogens is 394 g/mol. The van der Waals surface area contributed by atoms with E-state index in [9.17, 15) is 4.79 Å². The van der Waals surface area contributed by atoms with Crippen LogP contribution in [-0.2, 0) is 11.3 Å². The number of fused-ring (bicyclic) bond motifs is 1. The molecule has 2 aromatic heterocycles.